The van der Waals surface area contributed by atoms with Gasteiger partial charge in [0.2, 0.25) is 0 Å². The summed E-state index contributed by atoms with van der Waals surface area (Å²) in [5, 5.41) is 60.4. The highest BCUT2D eigenvalue weighted by Crippen LogP contribution is 2.50. The van der Waals surface area contributed by atoms with Crippen LogP contribution in [-0.4, -0.2) is 51.5 Å². The second-order valence-electron chi connectivity index (χ2n) is 19.5. The summed E-state index contributed by atoms with van der Waals surface area (Å²) in [7, 11) is -4.74. The lowest BCUT2D eigenvalue weighted by atomic mass is 9.79. The molecule has 0 heterocycles. The Morgan fingerprint density at radius 1 is 0.213 bits per heavy atom. The van der Waals surface area contributed by atoms with Crippen molar-refractivity contribution in [2.45, 2.75) is 0 Å². The minimum Gasteiger partial charge on any atom is -0.423 e. The molecule has 0 saturated carbocycles. The SMILES string of the molecule is OB(O)c1cccc(/C=C2\c3ccccc3-c3ccc(-c4cc(-c5ccc6c(c5)/C(=C/c5cccc(B(O)O)c5)c5ccccc5-6)cc(-c5ccc6c(c5)/C(=C/c5cccc(B(O)O)c5)c5ccccc5-6)c4)cc32)c1. The Balaban J connectivity index is 0.993. The first-order valence-corrected chi connectivity index (χ1v) is 25.0. The van der Waals surface area contributed by atoms with Gasteiger partial charge >= 0.3 is 21.4 Å². The van der Waals surface area contributed by atoms with Crippen LogP contribution in [0.3, 0.4) is 0 Å². The van der Waals surface area contributed by atoms with Crippen LogP contribution in [0.1, 0.15) is 50.1 Å². The van der Waals surface area contributed by atoms with E-state index in [-0.39, 0.29) is 0 Å². The van der Waals surface area contributed by atoms with Crippen molar-refractivity contribution in [1.82, 2.24) is 0 Å². The molecule has 0 unspecified atom stereocenters. The van der Waals surface area contributed by atoms with Gasteiger partial charge in [-0.05, 0) is 205 Å². The molecule has 3 aliphatic rings. The largest absolute Gasteiger partial charge is 0.488 e. The molecule has 0 radical (unpaired) electrons. The molecule has 0 aromatic heterocycles. The maximum Gasteiger partial charge on any atom is 0.488 e. The summed E-state index contributed by atoms with van der Waals surface area (Å²) >= 11 is 0. The van der Waals surface area contributed by atoms with Crippen LogP contribution in [0, 0.1) is 0 Å². The minimum atomic E-state index is -1.58. The van der Waals surface area contributed by atoms with Gasteiger partial charge < -0.3 is 30.1 Å². The van der Waals surface area contributed by atoms with Crippen LogP contribution in [0.4, 0.5) is 0 Å². The van der Waals surface area contributed by atoms with E-state index in [4.69, 9.17) is 0 Å². The van der Waals surface area contributed by atoms with Gasteiger partial charge in [-0.1, -0.05) is 182 Å². The summed E-state index contributed by atoms with van der Waals surface area (Å²) in [4.78, 5) is 0. The Morgan fingerprint density at radius 3 is 0.760 bits per heavy atom. The molecule has 0 saturated heterocycles. The molecule has 9 heteroatoms. The summed E-state index contributed by atoms with van der Waals surface area (Å²) in [5.74, 6) is 0. The third-order valence-electron chi connectivity index (χ3n) is 14.9. The van der Waals surface area contributed by atoms with Gasteiger partial charge in [0.05, 0.1) is 0 Å². The zero-order valence-corrected chi connectivity index (χ0v) is 40.4. The van der Waals surface area contributed by atoms with Gasteiger partial charge in [-0.25, -0.2) is 0 Å². The Bertz CT molecular complexity index is 3650. The molecular weight excluding hydrogens is 921 g/mol. The van der Waals surface area contributed by atoms with Crippen molar-refractivity contribution in [2.75, 3.05) is 0 Å². The number of rotatable bonds is 9. The lowest BCUT2D eigenvalue weighted by Gasteiger charge is -2.15. The molecule has 0 fully saturated rings. The Kier molecular flexibility index (Phi) is 11.5. The second-order valence-corrected chi connectivity index (χ2v) is 19.5. The molecule has 6 N–H and O–H groups in total. The van der Waals surface area contributed by atoms with Gasteiger partial charge in [-0.3, -0.25) is 0 Å². The lowest BCUT2D eigenvalue weighted by molar-refractivity contribution is 0.424. The fourth-order valence-corrected chi connectivity index (χ4v) is 11.4. The maximum absolute atomic E-state index is 10.1. The van der Waals surface area contributed by atoms with Crippen molar-refractivity contribution in [1.29, 1.82) is 0 Å². The normalized spacial score (nSPS) is 14.1. The molecule has 3 aliphatic carbocycles. The van der Waals surface area contributed by atoms with Crippen molar-refractivity contribution in [3.05, 3.63) is 268 Å². The van der Waals surface area contributed by atoms with Crippen molar-refractivity contribution in [3.8, 4) is 66.8 Å². The molecule has 0 amide bonds. The van der Waals surface area contributed by atoms with Crippen LogP contribution in [0.5, 0.6) is 0 Å². The lowest BCUT2D eigenvalue weighted by Crippen LogP contribution is -2.29. The third kappa shape index (κ3) is 8.35. The monoisotopic (exact) mass is 966 g/mol. The smallest absolute Gasteiger partial charge is 0.423 e. The summed E-state index contributed by atoms with van der Waals surface area (Å²) in [6.45, 7) is 0. The Morgan fingerprint density at radius 2 is 0.480 bits per heavy atom. The van der Waals surface area contributed by atoms with E-state index in [2.05, 4.69) is 164 Å². The van der Waals surface area contributed by atoms with Crippen LogP contribution in [0.15, 0.2) is 218 Å². The molecule has 10 aromatic rings. The van der Waals surface area contributed by atoms with Gasteiger partial charge in [0.1, 0.15) is 0 Å². The van der Waals surface area contributed by atoms with Crippen LogP contribution < -0.4 is 16.4 Å². The average Bonchev–Trinajstić information content (AvgIpc) is 4.10. The second kappa shape index (κ2) is 18.7. The summed E-state index contributed by atoms with van der Waals surface area (Å²) in [6.07, 6.45) is 6.40. The standard InChI is InChI=1S/C66H45B3O6/c70-67(71)49-13-7-10-40(28-49)31-61-55-19-4-1-16-52(55)58-25-22-43(37-64(58)61)46-34-47(44-23-26-59-53-17-2-5-20-56(53)62(65(59)38-44)32-41-11-8-14-50(29-41)68(72)73)36-48(35-46)45-24-27-60-54-18-3-6-21-57(54)63(66(60)39-45)33-42-12-9-15-51(30-42)69(74)75/h1-39,70-75H/b61-31+,62-32+,63-33+. The number of hydrogen-bond acceptors (Lipinski definition) is 6. The zero-order chi connectivity index (χ0) is 50.9. The molecule has 0 bridgehead atoms. The highest BCUT2D eigenvalue weighted by atomic mass is 16.4. The van der Waals surface area contributed by atoms with Crippen LogP contribution in [0.2, 0.25) is 0 Å². The molecule has 10 aromatic carbocycles. The first kappa shape index (κ1) is 46.2. The van der Waals surface area contributed by atoms with Crippen molar-refractivity contribution in [2.24, 2.45) is 0 Å². The van der Waals surface area contributed by atoms with Gasteiger partial charge in [0.15, 0.2) is 0 Å². The van der Waals surface area contributed by atoms with E-state index >= 15 is 0 Å². The first-order valence-electron chi connectivity index (χ1n) is 25.0. The van der Waals surface area contributed by atoms with E-state index in [0.717, 1.165) is 134 Å². The van der Waals surface area contributed by atoms with Crippen molar-refractivity contribution < 1.29 is 30.1 Å². The van der Waals surface area contributed by atoms with Crippen LogP contribution >= 0.6 is 0 Å². The number of hydrogen-bond donors (Lipinski definition) is 6. The van der Waals surface area contributed by atoms with E-state index in [1.54, 1.807) is 18.2 Å². The minimum absolute atomic E-state index is 0.427. The van der Waals surface area contributed by atoms with Gasteiger partial charge in [0.25, 0.3) is 0 Å². The topological polar surface area (TPSA) is 121 Å². The highest BCUT2D eigenvalue weighted by Gasteiger charge is 2.28. The predicted octanol–water partition coefficient (Wildman–Crippen LogP) is 10.4. The van der Waals surface area contributed by atoms with E-state index in [0.29, 0.717) is 16.4 Å². The number of benzene rings is 10. The summed E-state index contributed by atoms with van der Waals surface area (Å²) in [6, 6.07) is 74.3. The summed E-state index contributed by atoms with van der Waals surface area (Å²) < 4.78 is 0. The average molecular weight is 967 g/mol. The molecule has 0 aliphatic heterocycles. The van der Waals surface area contributed by atoms with Gasteiger partial charge in [-0.2, -0.15) is 0 Å². The fourth-order valence-electron chi connectivity index (χ4n) is 11.4. The zero-order valence-electron chi connectivity index (χ0n) is 40.4. The van der Waals surface area contributed by atoms with Gasteiger partial charge in [-0.15, -0.1) is 0 Å². The Hall–Kier alpha value is -8.63. The highest BCUT2D eigenvalue weighted by molar-refractivity contribution is 6.59. The van der Waals surface area contributed by atoms with Gasteiger partial charge in [0, 0.05) is 0 Å². The molecule has 0 atom stereocenters. The quantitative estimate of drug-likeness (QED) is 0.0802. The third-order valence-corrected chi connectivity index (χ3v) is 14.9. The van der Waals surface area contributed by atoms with Crippen molar-refractivity contribution in [3.63, 3.8) is 0 Å². The molecule has 13 rings (SSSR count). The van der Waals surface area contributed by atoms with E-state index < -0.39 is 21.4 Å². The number of fused-ring (bicyclic) bond motifs is 9. The molecule has 6 nitrogen and oxygen atoms in total. The van der Waals surface area contributed by atoms with Crippen molar-refractivity contribution >= 4 is 72.7 Å². The first-order chi connectivity index (χ1) is 36.6. The van der Waals surface area contributed by atoms with E-state index in [1.807, 2.05) is 54.6 Å². The Labute approximate surface area is 435 Å². The van der Waals surface area contributed by atoms with Crippen LogP contribution in [0.25, 0.3) is 102 Å². The van der Waals surface area contributed by atoms with E-state index in [1.165, 1.54) is 0 Å². The summed E-state index contributed by atoms with van der Waals surface area (Å²) in [5.41, 5.74) is 26.6. The maximum atomic E-state index is 10.1. The predicted molar refractivity (Wildman–Crippen MR) is 309 cm³/mol. The molecular formula is C66H45B3O6. The molecule has 354 valence electrons. The van der Waals surface area contributed by atoms with Crippen LogP contribution in [-0.2, 0) is 0 Å². The molecule has 75 heavy (non-hydrogen) atoms. The van der Waals surface area contributed by atoms with E-state index in [9.17, 15) is 30.1 Å². The molecule has 0 spiro atoms. The fraction of sp³-hybridized carbons (Fsp3) is 0.